The molecule has 21 heavy (non-hydrogen) atoms. The first kappa shape index (κ1) is 17.2. The molecule has 4 nitrogen and oxygen atoms in total. The predicted octanol–water partition coefficient (Wildman–Crippen LogP) is 3.06. The Balaban J connectivity index is 2.40. The number of amides is 1. The molecule has 0 unspecified atom stereocenters. The van der Waals surface area contributed by atoms with Crippen LogP contribution in [0.5, 0.6) is 0 Å². The first-order valence-corrected chi connectivity index (χ1v) is 7.16. The van der Waals surface area contributed by atoms with Crippen molar-refractivity contribution < 1.29 is 14.6 Å². The maximum Gasteiger partial charge on any atom is 0.407 e. The maximum absolute atomic E-state index is 11.6. The number of carbonyl (C=O) groups excluding carboxylic acids is 1. The number of carbonyl (C=O) groups is 1. The van der Waals surface area contributed by atoms with Gasteiger partial charge in [-0.05, 0) is 39.7 Å². The molecule has 1 aromatic carbocycles. The summed E-state index contributed by atoms with van der Waals surface area (Å²) in [5.74, 6) is 0. The van der Waals surface area contributed by atoms with Crippen molar-refractivity contribution >= 4 is 6.09 Å². The molecule has 0 saturated heterocycles. The van der Waals surface area contributed by atoms with E-state index < -0.39 is 23.8 Å². The normalized spacial score (nSPS) is 14.7. The summed E-state index contributed by atoms with van der Waals surface area (Å²) in [7, 11) is 0. The number of aliphatic hydroxyl groups excluding tert-OH is 1. The van der Waals surface area contributed by atoms with E-state index in [9.17, 15) is 9.90 Å². The second-order valence-electron chi connectivity index (χ2n) is 6.04. The Morgan fingerprint density at radius 3 is 2.52 bits per heavy atom. The van der Waals surface area contributed by atoms with Crippen molar-refractivity contribution in [1.82, 2.24) is 5.32 Å². The van der Waals surface area contributed by atoms with E-state index in [4.69, 9.17) is 4.74 Å². The number of alkyl carbamates (subject to hydrolysis) is 1. The van der Waals surface area contributed by atoms with Crippen LogP contribution in [0, 0.1) is 0 Å². The van der Waals surface area contributed by atoms with E-state index in [2.05, 4.69) is 5.32 Å². The Morgan fingerprint density at radius 2 is 1.95 bits per heavy atom. The van der Waals surface area contributed by atoms with E-state index in [1.165, 1.54) is 5.56 Å². The van der Waals surface area contributed by atoms with Crippen molar-refractivity contribution in [2.75, 3.05) is 0 Å². The van der Waals surface area contributed by atoms with E-state index >= 15 is 0 Å². The molecule has 1 aromatic rings. The molecule has 0 fully saturated rings. The molecule has 4 heteroatoms. The molecule has 116 valence electrons. The van der Waals surface area contributed by atoms with Gasteiger partial charge in [-0.2, -0.15) is 0 Å². The van der Waals surface area contributed by atoms with Crippen LogP contribution in [0.4, 0.5) is 4.79 Å². The van der Waals surface area contributed by atoms with Gasteiger partial charge in [-0.1, -0.05) is 42.5 Å². The summed E-state index contributed by atoms with van der Waals surface area (Å²) in [6.07, 6.45) is 3.06. The van der Waals surface area contributed by atoms with Crippen LogP contribution in [0.15, 0.2) is 42.5 Å². The molecule has 0 bridgehead atoms. The van der Waals surface area contributed by atoms with Crippen molar-refractivity contribution in [3.63, 3.8) is 0 Å². The van der Waals surface area contributed by atoms with Gasteiger partial charge in [0.2, 0.25) is 0 Å². The summed E-state index contributed by atoms with van der Waals surface area (Å²) < 4.78 is 5.15. The molecule has 2 atom stereocenters. The summed E-state index contributed by atoms with van der Waals surface area (Å²) in [5.41, 5.74) is 0.631. The van der Waals surface area contributed by atoms with E-state index in [1.807, 2.05) is 36.4 Å². The molecule has 0 aliphatic heterocycles. The van der Waals surface area contributed by atoms with Crippen molar-refractivity contribution in [2.24, 2.45) is 0 Å². The van der Waals surface area contributed by atoms with Crippen LogP contribution in [0.1, 0.15) is 33.3 Å². The number of benzene rings is 1. The summed E-state index contributed by atoms with van der Waals surface area (Å²) in [5, 5.41) is 12.6. The number of allylic oxidation sites excluding steroid dienone is 1. The molecule has 1 rings (SSSR count). The molecule has 0 aromatic heterocycles. The van der Waals surface area contributed by atoms with Crippen LogP contribution in [0.2, 0.25) is 0 Å². The maximum atomic E-state index is 11.6. The van der Waals surface area contributed by atoms with Crippen LogP contribution in [0.3, 0.4) is 0 Å². The van der Waals surface area contributed by atoms with Crippen molar-refractivity contribution in [1.29, 1.82) is 0 Å². The fourth-order valence-corrected chi connectivity index (χ4v) is 1.70. The van der Waals surface area contributed by atoms with Crippen molar-refractivity contribution in [3.8, 4) is 0 Å². The SMILES string of the molecule is C[C@H](NC(=O)OC(C)(C)C)[C@H](O)/C=C/Cc1ccccc1. The zero-order valence-corrected chi connectivity index (χ0v) is 13.2. The van der Waals surface area contributed by atoms with E-state index in [-0.39, 0.29) is 0 Å². The number of aliphatic hydroxyl groups is 1. The highest BCUT2D eigenvalue weighted by Crippen LogP contribution is 2.07. The molecular formula is C17H25NO3. The van der Waals surface area contributed by atoms with E-state index in [1.54, 1.807) is 33.8 Å². The van der Waals surface area contributed by atoms with E-state index in [0.717, 1.165) is 6.42 Å². The summed E-state index contributed by atoms with van der Waals surface area (Å²) in [4.78, 5) is 11.6. The third-order valence-electron chi connectivity index (χ3n) is 2.79. The lowest BCUT2D eigenvalue weighted by Crippen LogP contribution is -2.43. The lowest BCUT2D eigenvalue weighted by atomic mass is 10.1. The molecule has 1 amide bonds. The topological polar surface area (TPSA) is 58.6 Å². The molecule has 0 spiro atoms. The van der Waals surface area contributed by atoms with Gasteiger partial charge in [-0.3, -0.25) is 0 Å². The summed E-state index contributed by atoms with van der Waals surface area (Å²) in [6.45, 7) is 7.13. The standard InChI is InChI=1S/C17H25NO3/c1-13(18-16(20)21-17(2,3)4)15(19)12-8-11-14-9-6-5-7-10-14/h5-10,12-13,15,19H,11H2,1-4H3,(H,18,20)/b12-8+/t13-,15+/m0/s1. The highest BCUT2D eigenvalue weighted by atomic mass is 16.6. The van der Waals surface area contributed by atoms with Crippen LogP contribution in [0.25, 0.3) is 0 Å². The third-order valence-corrected chi connectivity index (χ3v) is 2.79. The Labute approximate surface area is 126 Å². The number of nitrogens with one attached hydrogen (secondary N) is 1. The Morgan fingerprint density at radius 1 is 1.33 bits per heavy atom. The highest BCUT2D eigenvalue weighted by molar-refractivity contribution is 5.68. The van der Waals surface area contributed by atoms with Crippen molar-refractivity contribution in [2.45, 2.75) is 51.9 Å². The second kappa shape index (κ2) is 7.84. The fraction of sp³-hybridized carbons (Fsp3) is 0.471. The van der Waals surface area contributed by atoms with Crippen LogP contribution < -0.4 is 5.32 Å². The molecule has 0 saturated carbocycles. The minimum Gasteiger partial charge on any atom is -0.444 e. The van der Waals surface area contributed by atoms with Crippen LogP contribution in [-0.2, 0) is 11.2 Å². The Kier molecular flexibility index (Phi) is 6.43. The number of ether oxygens (including phenoxy) is 1. The van der Waals surface area contributed by atoms with Gasteiger partial charge in [-0.25, -0.2) is 4.79 Å². The van der Waals surface area contributed by atoms with Gasteiger partial charge in [-0.15, -0.1) is 0 Å². The molecule has 0 aliphatic carbocycles. The molecular weight excluding hydrogens is 266 g/mol. The highest BCUT2D eigenvalue weighted by Gasteiger charge is 2.19. The zero-order chi connectivity index (χ0) is 15.9. The first-order valence-electron chi connectivity index (χ1n) is 7.16. The Bertz CT molecular complexity index is 463. The first-order chi connectivity index (χ1) is 9.78. The summed E-state index contributed by atoms with van der Waals surface area (Å²) >= 11 is 0. The zero-order valence-electron chi connectivity index (χ0n) is 13.2. The lowest BCUT2D eigenvalue weighted by Gasteiger charge is -2.23. The minimum atomic E-state index is -0.749. The average molecular weight is 291 g/mol. The predicted molar refractivity (Wildman–Crippen MR) is 84.1 cm³/mol. The van der Waals surface area contributed by atoms with Gasteiger partial charge in [0.15, 0.2) is 0 Å². The van der Waals surface area contributed by atoms with Crippen molar-refractivity contribution in [3.05, 3.63) is 48.0 Å². The number of hydrogen-bond acceptors (Lipinski definition) is 3. The molecule has 2 N–H and O–H groups in total. The number of rotatable bonds is 5. The fourth-order valence-electron chi connectivity index (χ4n) is 1.70. The second-order valence-corrected chi connectivity index (χ2v) is 6.04. The lowest BCUT2D eigenvalue weighted by molar-refractivity contribution is 0.0465. The van der Waals surface area contributed by atoms with Gasteiger partial charge in [0.25, 0.3) is 0 Å². The van der Waals surface area contributed by atoms with Gasteiger partial charge >= 0.3 is 6.09 Å². The van der Waals surface area contributed by atoms with Crippen LogP contribution >= 0.6 is 0 Å². The minimum absolute atomic E-state index is 0.410. The van der Waals surface area contributed by atoms with Gasteiger partial charge < -0.3 is 15.2 Å². The monoisotopic (exact) mass is 291 g/mol. The van der Waals surface area contributed by atoms with E-state index in [0.29, 0.717) is 0 Å². The average Bonchev–Trinajstić information content (AvgIpc) is 2.37. The molecule has 0 heterocycles. The Hall–Kier alpha value is -1.81. The number of hydrogen-bond donors (Lipinski definition) is 2. The molecule has 0 radical (unpaired) electrons. The largest absolute Gasteiger partial charge is 0.444 e. The van der Waals surface area contributed by atoms with Gasteiger partial charge in [0.05, 0.1) is 12.1 Å². The third kappa shape index (κ3) is 7.51. The summed E-state index contributed by atoms with van der Waals surface area (Å²) in [6, 6.07) is 9.57. The quantitative estimate of drug-likeness (QED) is 0.820. The van der Waals surface area contributed by atoms with Gasteiger partial charge in [0.1, 0.15) is 5.60 Å². The van der Waals surface area contributed by atoms with Gasteiger partial charge in [0, 0.05) is 0 Å². The molecule has 0 aliphatic rings. The smallest absolute Gasteiger partial charge is 0.407 e. The van der Waals surface area contributed by atoms with Crippen LogP contribution in [-0.4, -0.2) is 28.9 Å².